The summed E-state index contributed by atoms with van der Waals surface area (Å²) in [4.78, 5) is 11.0. The van der Waals surface area contributed by atoms with Gasteiger partial charge in [0.05, 0.1) is 0 Å². The maximum atomic E-state index is 11.0. The second-order valence-corrected chi connectivity index (χ2v) is 3.54. The van der Waals surface area contributed by atoms with Crippen molar-refractivity contribution in [2.24, 2.45) is 5.73 Å². The van der Waals surface area contributed by atoms with Crippen molar-refractivity contribution >= 4 is 5.97 Å². The summed E-state index contributed by atoms with van der Waals surface area (Å²) in [6.45, 7) is 3.31. The molecule has 0 bridgehead atoms. The number of aromatic hydroxyl groups is 1. The highest BCUT2D eigenvalue weighted by Crippen LogP contribution is 2.17. The number of carboxylic acid groups (broad SMARTS) is 1. The molecule has 84 valence electrons. The van der Waals surface area contributed by atoms with Gasteiger partial charge in [-0.15, -0.1) is 5.73 Å². The molecule has 0 spiro atoms. The summed E-state index contributed by atoms with van der Waals surface area (Å²) in [5, 5.41) is 18.3. The fourth-order valence-corrected chi connectivity index (χ4v) is 1.37. The lowest BCUT2D eigenvalue weighted by Crippen LogP contribution is -2.47. The molecule has 1 aromatic carbocycles. The average Bonchev–Trinajstić information content (AvgIpc) is 2.17. The fraction of sp³-hybridized carbons (Fsp3) is 0.167. The summed E-state index contributed by atoms with van der Waals surface area (Å²) >= 11 is 0. The van der Waals surface area contributed by atoms with Crippen molar-refractivity contribution in [1.82, 2.24) is 0 Å². The van der Waals surface area contributed by atoms with Crippen molar-refractivity contribution in [3.05, 3.63) is 48.2 Å². The normalized spacial score (nSPS) is 13.6. The van der Waals surface area contributed by atoms with Gasteiger partial charge in [0.2, 0.25) is 0 Å². The van der Waals surface area contributed by atoms with Gasteiger partial charge in [0, 0.05) is 6.42 Å². The van der Waals surface area contributed by atoms with Gasteiger partial charge >= 0.3 is 5.97 Å². The van der Waals surface area contributed by atoms with Crippen molar-refractivity contribution in [2.75, 3.05) is 0 Å². The first-order valence-corrected chi connectivity index (χ1v) is 4.65. The van der Waals surface area contributed by atoms with E-state index in [1.165, 1.54) is 18.2 Å². The number of phenolic OH excluding ortho intramolecular Hbond substituents is 1. The van der Waals surface area contributed by atoms with Gasteiger partial charge in [-0.3, -0.25) is 0 Å². The first-order chi connectivity index (χ1) is 7.48. The van der Waals surface area contributed by atoms with Crippen LogP contribution in [0.25, 0.3) is 0 Å². The largest absolute Gasteiger partial charge is 0.508 e. The molecule has 4 nitrogen and oxygen atoms in total. The third-order valence-corrected chi connectivity index (χ3v) is 2.17. The average molecular weight is 219 g/mol. The number of benzene rings is 1. The molecule has 1 rings (SSSR count). The van der Waals surface area contributed by atoms with E-state index in [-0.39, 0.29) is 12.2 Å². The summed E-state index contributed by atoms with van der Waals surface area (Å²) in [6.07, 6.45) is 1.28. The number of carbonyl (C=O) groups is 1. The third-order valence-electron chi connectivity index (χ3n) is 2.17. The standard InChI is InChI=1S/C12H13NO3/c1-2-6-12(13,11(15)16)8-9-4-3-5-10(14)7-9/h3-7,14H,1,8,13H2,(H,15,16)/t12-/m0/s1. The van der Waals surface area contributed by atoms with Crippen molar-refractivity contribution in [1.29, 1.82) is 0 Å². The van der Waals surface area contributed by atoms with Crippen LogP contribution in [0.4, 0.5) is 0 Å². The number of carboxylic acids is 1. The molecule has 1 atom stereocenters. The van der Waals surface area contributed by atoms with E-state index in [4.69, 9.17) is 10.8 Å². The predicted molar refractivity (Wildman–Crippen MR) is 60.1 cm³/mol. The van der Waals surface area contributed by atoms with Crippen LogP contribution in [0.5, 0.6) is 5.75 Å². The quantitative estimate of drug-likeness (QED) is 0.661. The molecule has 0 heterocycles. The molecule has 0 amide bonds. The minimum atomic E-state index is -1.55. The van der Waals surface area contributed by atoms with Crippen LogP contribution in [0.2, 0.25) is 0 Å². The smallest absolute Gasteiger partial charge is 0.328 e. The molecule has 0 aliphatic carbocycles. The molecule has 0 aromatic heterocycles. The van der Waals surface area contributed by atoms with E-state index < -0.39 is 11.5 Å². The van der Waals surface area contributed by atoms with E-state index in [9.17, 15) is 9.90 Å². The molecule has 0 fully saturated rings. The summed E-state index contributed by atoms with van der Waals surface area (Å²) in [6, 6.07) is 6.30. The van der Waals surface area contributed by atoms with Crippen molar-refractivity contribution in [3.8, 4) is 5.75 Å². The summed E-state index contributed by atoms with van der Waals surface area (Å²) in [5.74, 6) is -1.08. The molecule has 4 N–H and O–H groups in total. The summed E-state index contributed by atoms with van der Waals surface area (Å²) < 4.78 is 0. The molecule has 0 radical (unpaired) electrons. The number of hydrogen-bond donors (Lipinski definition) is 3. The van der Waals surface area contributed by atoms with E-state index in [2.05, 4.69) is 12.3 Å². The first kappa shape index (κ1) is 12.0. The van der Waals surface area contributed by atoms with E-state index >= 15 is 0 Å². The zero-order valence-corrected chi connectivity index (χ0v) is 8.68. The number of nitrogens with two attached hydrogens (primary N) is 1. The maximum Gasteiger partial charge on any atom is 0.328 e. The molecular formula is C12H13NO3. The molecule has 0 aliphatic rings. The lowest BCUT2D eigenvalue weighted by atomic mass is 9.92. The van der Waals surface area contributed by atoms with Crippen LogP contribution in [-0.2, 0) is 11.2 Å². The number of aliphatic carboxylic acids is 1. The topological polar surface area (TPSA) is 83.5 Å². The van der Waals surface area contributed by atoms with Crippen molar-refractivity contribution in [2.45, 2.75) is 12.0 Å². The Hall–Kier alpha value is -2.03. The van der Waals surface area contributed by atoms with E-state index in [1.54, 1.807) is 12.1 Å². The molecular weight excluding hydrogens is 206 g/mol. The van der Waals surface area contributed by atoms with Gasteiger partial charge in [-0.1, -0.05) is 18.7 Å². The number of phenols is 1. The second-order valence-electron chi connectivity index (χ2n) is 3.54. The van der Waals surface area contributed by atoms with E-state index in [1.807, 2.05) is 0 Å². The number of hydrogen-bond acceptors (Lipinski definition) is 3. The fourth-order valence-electron chi connectivity index (χ4n) is 1.37. The maximum absolute atomic E-state index is 11.0. The molecule has 1 aromatic rings. The Morgan fingerprint density at radius 2 is 2.31 bits per heavy atom. The van der Waals surface area contributed by atoms with Gasteiger partial charge in [0.15, 0.2) is 0 Å². The van der Waals surface area contributed by atoms with Crippen LogP contribution >= 0.6 is 0 Å². The highest BCUT2D eigenvalue weighted by atomic mass is 16.4. The molecule has 0 saturated heterocycles. The Morgan fingerprint density at radius 1 is 1.62 bits per heavy atom. The highest BCUT2D eigenvalue weighted by molar-refractivity contribution is 5.81. The monoisotopic (exact) mass is 219 g/mol. The molecule has 4 heteroatoms. The summed E-state index contributed by atoms with van der Waals surface area (Å²) in [5.41, 5.74) is 7.16. The Morgan fingerprint density at radius 3 is 2.81 bits per heavy atom. The van der Waals surface area contributed by atoms with Gasteiger partial charge < -0.3 is 15.9 Å². The SMILES string of the molecule is C=C=C[C@](N)(Cc1cccc(O)c1)C(=O)O. The number of rotatable bonds is 4. The van der Waals surface area contributed by atoms with Crippen LogP contribution < -0.4 is 5.73 Å². The van der Waals surface area contributed by atoms with Gasteiger partial charge in [-0.2, -0.15) is 0 Å². The first-order valence-electron chi connectivity index (χ1n) is 4.65. The van der Waals surface area contributed by atoms with Crippen LogP contribution in [-0.4, -0.2) is 21.7 Å². The molecule has 16 heavy (non-hydrogen) atoms. The Balaban J connectivity index is 3.01. The Bertz CT molecular complexity index is 445. The minimum absolute atomic E-state index is 0.0687. The van der Waals surface area contributed by atoms with Crippen LogP contribution in [0.3, 0.4) is 0 Å². The van der Waals surface area contributed by atoms with E-state index in [0.29, 0.717) is 5.56 Å². The third kappa shape index (κ3) is 2.73. The Labute approximate surface area is 93.3 Å². The zero-order chi connectivity index (χ0) is 12.2. The summed E-state index contributed by atoms with van der Waals surface area (Å²) in [7, 11) is 0. The van der Waals surface area contributed by atoms with Gasteiger partial charge in [-0.25, -0.2) is 4.79 Å². The van der Waals surface area contributed by atoms with Gasteiger partial charge in [-0.05, 0) is 23.8 Å². The minimum Gasteiger partial charge on any atom is -0.508 e. The lowest BCUT2D eigenvalue weighted by molar-refractivity contribution is -0.141. The lowest BCUT2D eigenvalue weighted by Gasteiger charge is -2.19. The predicted octanol–water partition coefficient (Wildman–Crippen LogP) is 1.06. The van der Waals surface area contributed by atoms with Crippen molar-refractivity contribution < 1.29 is 15.0 Å². The zero-order valence-electron chi connectivity index (χ0n) is 8.68. The second kappa shape index (κ2) is 4.66. The molecule has 0 aliphatic heterocycles. The molecule has 0 saturated carbocycles. The van der Waals surface area contributed by atoms with Crippen LogP contribution in [0, 0.1) is 0 Å². The van der Waals surface area contributed by atoms with Gasteiger partial charge in [0.1, 0.15) is 11.3 Å². The molecule has 0 unspecified atom stereocenters. The van der Waals surface area contributed by atoms with Crippen LogP contribution in [0.15, 0.2) is 42.7 Å². The van der Waals surface area contributed by atoms with Crippen molar-refractivity contribution in [3.63, 3.8) is 0 Å². The Kier molecular flexibility index (Phi) is 3.51. The van der Waals surface area contributed by atoms with Gasteiger partial charge in [0.25, 0.3) is 0 Å². The van der Waals surface area contributed by atoms with E-state index in [0.717, 1.165) is 0 Å². The highest BCUT2D eigenvalue weighted by Gasteiger charge is 2.31. The van der Waals surface area contributed by atoms with Crippen LogP contribution in [0.1, 0.15) is 5.56 Å².